The fourth-order valence-electron chi connectivity index (χ4n) is 7.89. The fraction of sp³-hybridized carbons (Fsp3) is 0.788. The molecule has 10 atom stereocenters. The Kier molecular flexibility index (Phi) is 7.87. The number of aliphatic hydroxyl groups excluding tert-OH is 4. The predicted octanol–water partition coefficient (Wildman–Crippen LogP) is 4.65. The summed E-state index contributed by atoms with van der Waals surface area (Å²) in [4.78, 5) is 11.6. The molecule has 1 heterocycles. The van der Waals surface area contributed by atoms with Crippen LogP contribution < -0.4 is 0 Å². The average molecular weight is 583 g/mol. The quantitative estimate of drug-likeness (QED) is 0.265. The zero-order valence-electron chi connectivity index (χ0n) is 30.3. The van der Waals surface area contributed by atoms with E-state index in [2.05, 4.69) is 32.6 Å². The molecular formula is C33H52O8. The number of hydrogen-bond acceptors (Lipinski definition) is 7. The van der Waals surface area contributed by atoms with Gasteiger partial charge >= 0.3 is 5.97 Å². The van der Waals surface area contributed by atoms with Crippen LogP contribution in [0, 0.1) is 23.2 Å². The van der Waals surface area contributed by atoms with E-state index in [0.29, 0.717) is 24.7 Å². The molecule has 8 heteroatoms. The van der Waals surface area contributed by atoms with E-state index < -0.39 is 62.4 Å². The first-order chi connectivity index (χ1) is 21.7. The van der Waals surface area contributed by atoms with Crippen molar-refractivity contribution >= 4 is 5.97 Å². The summed E-state index contributed by atoms with van der Waals surface area (Å²) in [6.07, 6.45) is 1.13. The summed E-state index contributed by atoms with van der Waals surface area (Å²) >= 11 is 0. The van der Waals surface area contributed by atoms with Gasteiger partial charge in [-0.3, -0.25) is 0 Å². The molecule has 0 spiro atoms. The van der Waals surface area contributed by atoms with Crippen LogP contribution in [0.1, 0.15) is 106 Å². The Hall–Kier alpha value is -1.55. The highest BCUT2D eigenvalue weighted by atomic mass is 16.7. The van der Waals surface area contributed by atoms with Crippen LogP contribution >= 0.6 is 0 Å². The minimum Gasteiger partial charge on any atom is -0.479 e. The number of allylic oxidation sites excluding steroid dienone is 4. The number of fused-ring (bicyclic) bond motifs is 1. The summed E-state index contributed by atoms with van der Waals surface area (Å²) in [5.41, 5.74) is 0.775. The maximum absolute atomic E-state index is 11.6. The lowest BCUT2D eigenvalue weighted by Gasteiger charge is -2.44. The second-order valence-corrected chi connectivity index (χ2v) is 13.1. The lowest BCUT2D eigenvalue weighted by molar-refractivity contribution is -0.317. The number of rotatable bonds is 9. The Balaban J connectivity index is 1.49. The van der Waals surface area contributed by atoms with Crippen LogP contribution in [-0.2, 0) is 14.3 Å². The van der Waals surface area contributed by atoms with Gasteiger partial charge < -0.3 is 35.0 Å². The summed E-state index contributed by atoms with van der Waals surface area (Å²) in [5, 5.41) is 50.3. The molecule has 8 nitrogen and oxygen atoms in total. The summed E-state index contributed by atoms with van der Waals surface area (Å²) in [6.45, 7) is 2.14. The van der Waals surface area contributed by atoms with Gasteiger partial charge in [-0.2, -0.15) is 0 Å². The zero-order valence-corrected chi connectivity index (χ0v) is 24.3. The molecule has 0 aromatic rings. The molecular weight excluding hydrogens is 524 g/mol. The Bertz CT molecular complexity index is 1200. The molecule has 4 aliphatic rings. The van der Waals surface area contributed by atoms with Gasteiger partial charge in [0.2, 0.25) is 0 Å². The van der Waals surface area contributed by atoms with E-state index in [0.717, 1.165) is 56.1 Å². The number of hydrogen-bond donors (Lipinski definition) is 5. The van der Waals surface area contributed by atoms with Crippen LogP contribution in [0.4, 0.5) is 0 Å². The van der Waals surface area contributed by atoms with Crippen LogP contribution in [0.3, 0.4) is 0 Å². The van der Waals surface area contributed by atoms with E-state index in [-0.39, 0.29) is 23.9 Å². The van der Waals surface area contributed by atoms with Crippen molar-refractivity contribution in [1.82, 2.24) is 0 Å². The van der Waals surface area contributed by atoms with E-state index in [1.54, 1.807) is 0 Å². The smallest absolute Gasteiger partial charge is 0.335 e. The van der Waals surface area contributed by atoms with Gasteiger partial charge in [0.15, 0.2) is 12.4 Å². The number of carboxylic acid groups (broad SMARTS) is 1. The molecule has 41 heavy (non-hydrogen) atoms. The normalized spacial score (nSPS) is 43.8. The van der Waals surface area contributed by atoms with Crippen molar-refractivity contribution in [3.63, 3.8) is 0 Å². The van der Waals surface area contributed by atoms with Crippen LogP contribution in [-0.4, -0.2) is 73.9 Å². The zero-order chi connectivity index (χ0) is 35.1. The second-order valence-electron chi connectivity index (χ2n) is 13.1. The number of aliphatic hydroxyl groups is 4. The molecule has 0 amide bonds. The van der Waals surface area contributed by atoms with Crippen molar-refractivity contribution in [3.05, 3.63) is 35.5 Å². The van der Waals surface area contributed by atoms with Gasteiger partial charge in [0, 0.05) is 8.22 Å². The third-order valence-corrected chi connectivity index (χ3v) is 10.2. The molecule has 5 N–H and O–H groups in total. The maximum Gasteiger partial charge on any atom is 0.335 e. The van der Waals surface area contributed by atoms with Gasteiger partial charge in [-0.25, -0.2) is 4.79 Å². The second kappa shape index (κ2) is 13.0. The Morgan fingerprint density at radius 3 is 2.63 bits per heavy atom. The molecule has 1 unspecified atom stereocenters. The van der Waals surface area contributed by atoms with Gasteiger partial charge in [-0.05, 0) is 100 Å². The third kappa shape index (κ3) is 7.16. The number of carboxylic acids is 1. The minimum absolute atomic E-state index is 0.0234. The van der Waals surface area contributed by atoms with Crippen molar-refractivity contribution in [2.75, 3.05) is 0 Å². The Morgan fingerprint density at radius 2 is 1.93 bits per heavy atom. The van der Waals surface area contributed by atoms with Crippen molar-refractivity contribution in [1.29, 1.82) is 0 Å². The molecule has 3 aliphatic carbocycles. The lowest BCUT2D eigenvalue weighted by Crippen LogP contribution is -2.61. The van der Waals surface area contributed by atoms with Crippen LogP contribution in [0.15, 0.2) is 35.5 Å². The molecule has 1 saturated heterocycles. The van der Waals surface area contributed by atoms with Gasteiger partial charge in [0.1, 0.15) is 18.3 Å². The van der Waals surface area contributed by atoms with Gasteiger partial charge in [0.25, 0.3) is 0 Å². The minimum atomic E-state index is -3.24. The maximum atomic E-state index is 11.6. The molecule has 1 aliphatic heterocycles. The number of carbonyl (C=O) groups is 1. The topological polar surface area (TPSA) is 137 Å². The van der Waals surface area contributed by atoms with Gasteiger partial charge in [0.05, 0.1) is 11.7 Å². The number of aliphatic carboxylic acids is 1. The highest BCUT2D eigenvalue weighted by Gasteiger charge is 2.51. The first-order valence-corrected chi connectivity index (χ1v) is 15.1. The molecule has 0 aromatic heterocycles. The molecule has 232 valence electrons. The van der Waals surface area contributed by atoms with E-state index in [4.69, 9.17) is 17.7 Å². The summed E-state index contributed by atoms with van der Waals surface area (Å²) in [6, 6.07) is 0. The molecule has 3 saturated carbocycles. The molecule has 0 radical (unpaired) electrons. The summed E-state index contributed by atoms with van der Waals surface area (Å²) < 4.78 is 60.0. The van der Waals surface area contributed by atoms with Gasteiger partial charge in [-0.15, -0.1) is 0 Å². The predicted molar refractivity (Wildman–Crippen MR) is 156 cm³/mol. The molecule has 4 fully saturated rings. The highest BCUT2D eigenvalue weighted by molar-refractivity contribution is 5.73. The van der Waals surface area contributed by atoms with Gasteiger partial charge in [-0.1, -0.05) is 56.6 Å². The standard InChI is InChI=1S/C33H52O8/c1-19-10-13-23(34)18-22(19)12-11-21-9-7-17-33(5)24(14-15-25(21)33)20(2)8-6-16-32(3,4)41-31-28(37)26(35)27(36)29(40-31)30(38)39/h11-12,20,23-29,31,34-37H,1,6-10,13-18H2,2-5H3,(H,38,39)/b21-11+,22-12-/t20-,23+,24?,25+,26+,27+,28-,29+,31+,33-/m1/s1/i3D3,4D3. The van der Waals surface area contributed by atoms with Crippen LogP contribution in [0.2, 0.25) is 0 Å². The van der Waals surface area contributed by atoms with Crippen molar-refractivity contribution in [2.24, 2.45) is 23.2 Å². The fourth-order valence-corrected chi connectivity index (χ4v) is 7.89. The molecule has 0 bridgehead atoms. The lowest BCUT2D eigenvalue weighted by atomic mass is 9.60. The SMILES string of the molecule is [2H]C([2H])([2H])C(CCC[C@@H](C)C1CC[C@H]2/C(=C/C=C3/C[C@@H](O)CCC3=C)CCC[C@]12C)(O[C@@H]1O[C@H](C(=O)O)[C@@H](O)[C@H](O)[C@H]1O)C([2H])([2H])[2H]. The van der Waals surface area contributed by atoms with E-state index in [1.165, 1.54) is 5.57 Å². The van der Waals surface area contributed by atoms with Crippen LogP contribution in [0.5, 0.6) is 0 Å². The summed E-state index contributed by atoms with van der Waals surface area (Å²) in [5.74, 6) is -0.851. The monoisotopic (exact) mass is 582 g/mol. The third-order valence-electron chi connectivity index (χ3n) is 10.2. The first-order valence-electron chi connectivity index (χ1n) is 18.1. The average Bonchev–Trinajstić information content (AvgIpc) is 3.33. The highest BCUT2D eigenvalue weighted by Crippen LogP contribution is 2.60. The largest absolute Gasteiger partial charge is 0.479 e. The van der Waals surface area contributed by atoms with Crippen molar-refractivity contribution < 1.29 is 48.0 Å². The Labute approximate surface area is 253 Å². The molecule has 0 aromatic carbocycles. The van der Waals surface area contributed by atoms with Crippen molar-refractivity contribution in [3.8, 4) is 0 Å². The van der Waals surface area contributed by atoms with E-state index in [9.17, 15) is 30.3 Å². The van der Waals surface area contributed by atoms with Crippen LogP contribution in [0.25, 0.3) is 0 Å². The first kappa shape index (κ1) is 24.8. The Morgan fingerprint density at radius 1 is 1.17 bits per heavy atom. The summed E-state index contributed by atoms with van der Waals surface area (Å²) in [7, 11) is 0. The number of ether oxygens (including phenoxy) is 2. The van der Waals surface area contributed by atoms with Crippen molar-refractivity contribution in [2.45, 2.75) is 141 Å². The van der Waals surface area contributed by atoms with E-state index in [1.807, 2.05) is 0 Å². The van der Waals surface area contributed by atoms with E-state index >= 15 is 0 Å². The molecule has 4 rings (SSSR count).